The fourth-order valence-corrected chi connectivity index (χ4v) is 2.68. The van der Waals surface area contributed by atoms with Crippen LogP contribution in [0.1, 0.15) is 46.5 Å². The number of amides is 1. The van der Waals surface area contributed by atoms with E-state index in [-0.39, 0.29) is 5.91 Å². The van der Waals surface area contributed by atoms with E-state index in [0.717, 1.165) is 11.9 Å². The highest BCUT2D eigenvalue weighted by atomic mass is 16.2. The summed E-state index contributed by atoms with van der Waals surface area (Å²) in [5, 5.41) is 9.43. The van der Waals surface area contributed by atoms with Gasteiger partial charge in [-0.25, -0.2) is 0 Å². The van der Waals surface area contributed by atoms with E-state index in [9.17, 15) is 4.79 Å². The minimum atomic E-state index is -0.452. The van der Waals surface area contributed by atoms with Gasteiger partial charge < -0.3 is 16.0 Å². The lowest BCUT2D eigenvalue weighted by Gasteiger charge is -2.30. The molecule has 20 heavy (non-hydrogen) atoms. The van der Waals surface area contributed by atoms with Gasteiger partial charge in [0.2, 0.25) is 5.91 Å². The molecule has 0 saturated heterocycles. The Labute approximate surface area is 123 Å². The van der Waals surface area contributed by atoms with E-state index in [1.165, 1.54) is 25.7 Å². The third-order valence-corrected chi connectivity index (χ3v) is 4.04. The van der Waals surface area contributed by atoms with Crippen LogP contribution in [0.5, 0.6) is 0 Å². The Morgan fingerprint density at radius 1 is 1.35 bits per heavy atom. The van der Waals surface area contributed by atoms with Crippen molar-refractivity contribution in [3.63, 3.8) is 0 Å². The molecule has 3 N–H and O–H groups in total. The minimum Gasteiger partial charge on any atom is -0.359 e. The number of nitrogens with one attached hydrogen (secondary N) is 3. The van der Waals surface area contributed by atoms with Crippen molar-refractivity contribution in [2.24, 2.45) is 16.3 Å². The van der Waals surface area contributed by atoms with Gasteiger partial charge in [0.15, 0.2) is 5.96 Å². The quantitative estimate of drug-likeness (QED) is 0.541. The van der Waals surface area contributed by atoms with Crippen LogP contribution in [-0.4, -0.2) is 38.5 Å². The van der Waals surface area contributed by atoms with Crippen LogP contribution in [-0.2, 0) is 4.79 Å². The number of carbonyl (C=O) groups excluding carboxylic acids is 1. The maximum Gasteiger partial charge on any atom is 0.227 e. The monoisotopic (exact) mass is 282 g/mol. The second-order valence-corrected chi connectivity index (χ2v) is 6.50. The molecular weight excluding hydrogens is 252 g/mol. The Kier molecular flexibility index (Phi) is 6.30. The van der Waals surface area contributed by atoms with E-state index in [0.29, 0.717) is 12.6 Å². The summed E-state index contributed by atoms with van der Waals surface area (Å²) in [4.78, 5) is 16.0. The summed E-state index contributed by atoms with van der Waals surface area (Å²) in [6.07, 6.45) is 5.00. The van der Waals surface area contributed by atoms with Gasteiger partial charge in [-0.1, -0.05) is 19.8 Å². The van der Waals surface area contributed by atoms with Gasteiger partial charge in [-0.3, -0.25) is 9.79 Å². The molecule has 5 nitrogen and oxygen atoms in total. The predicted octanol–water partition coefficient (Wildman–Crippen LogP) is 1.50. The summed E-state index contributed by atoms with van der Waals surface area (Å²) in [6, 6.07) is 0.494. The molecule has 0 aromatic carbocycles. The maximum absolute atomic E-state index is 11.8. The fourth-order valence-electron chi connectivity index (χ4n) is 2.68. The van der Waals surface area contributed by atoms with E-state index in [2.05, 4.69) is 27.9 Å². The molecule has 2 unspecified atom stereocenters. The number of aliphatic imine (C=N–C) groups is 1. The Morgan fingerprint density at radius 2 is 2.05 bits per heavy atom. The minimum absolute atomic E-state index is 0.0340. The van der Waals surface area contributed by atoms with Gasteiger partial charge in [0.1, 0.15) is 0 Å². The fraction of sp³-hybridized carbons (Fsp3) is 0.867. The lowest BCUT2D eigenvalue weighted by molar-refractivity contribution is -0.128. The van der Waals surface area contributed by atoms with E-state index < -0.39 is 5.41 Å². The first-order chi connectivity index (χ1) is 9.39. The first-order valence-corrected chi connectivity index (χ1v) is 7.58. The van der Waals surface area contributed by atoms with Crippen LogP contribution in [0.25, 0.3) is 0 Å². The average molecular weight is 282 g/mol. The Bertz CT molecular complexity index is 352. The first-order valence-electron chi connectivity index (χ1n) is 7.58. The average Bonchev–Trinajstić information content (AvgIpc) is 2.42. The molecule has 1 rings (SSSR count). The smallest absolute Gasteiger partial charge is 0.227 e. The molecule has 1 aliphatic rings. The Balaban J connectivity index is 2.46. The molecular formula is C15H30N4O. The van der Waals surface area contributed by atoms with Crippen molar-refractivity contribution in [2.75, 3.05) is 20.6 Å². The molecule has 0 bridgehead atoms. The summed E-state index contributed by atoms with van der Waals surface area (Å²) in [5.41, 5.74) is -0.452. The number of hydrogen-bond donors (Lipinski definition) is 3. The van der Waals surface area contributed by atoms with Crippen molar-refractivity contribution in [1.82, 2.24) is 16.0 Å². The lowest BCUT2D eigenvalue weighted by atomic mass is 9.87. The van der Waals surface area contributed by atoms with Crippen molar-refractivity contribution in [3.8, 4) is 0 Å². The molecule has 1 amide bonds. The summed E-state index contributed by atoms with van der Waals surface area (Å²) >= 11 is 0. The SMILES string of the molecule is CN=C(NCC(C)(C)C(=O)NC)NC1CCCC(C)C1. The van der Waals surface area contributed by atoms with Crippen LogP contribution in [0.4, 0.5) is 0 Å². The zero-order chi connectivity index (χ0) is 15.2. The highest BCUT2D eigenvalue weighted by molar-refractivity contribution is 5.84. The number of guanidine groups is 1. The van der Waals surface area contributed by atoms with Gasteiger partial charge in [-0.05, 0) is 32.6 Å². The van der Waals surface area contributed by atoms with Gasteiger partial charge in [-0.2, -0.15) is 0 Å². The molecule has 0 radical (unpaired) electrons. The van der Waals surface area contributed by atoms with Crippen LogP contribution in [0.2, 0.25) is 0 Å². The van der Waals surface area contributed by atoms with E-state index in [4.69, 9.17) is 0 Å². The summed E-state index contributed by atoms with van der Waals surface area (Å²) < 4.78 is 0. The molecule has 0 aliphatic heterocycles. The molecule has 0 heterocycles. The van der Waals surface area contributed by atoms with Crippen LogP contribution in [0, 0.1) is 11.3 Å². The topological polar surface area (TPSA) is 65.5 Å². The van der Waals surface area contributed by atoms with Crippen LogP contribution < -0.4 is 16.0 Å². The van der Waals surface area contributed by atoms with Crippen molar-refractivity contribution in [2.45, 2.75) is 52.5 Å². The second-order valence-electron chi connectivity index (χ2n) is 6.50. The third-order valence-electron chi connectivity index (χ3n) is 4.04. The maximum atomic E-state index is 11.8. The largest absolute Gasteiger partial charge is 0.359 e. The Morgan fingerprint density at radius 3 is 2.60 bits per heavy atom. The molecule has 1 fully saturated rings. The van der Waals surface area contributed by atoms with Gasteiger partial charge in [0.05, 0.1) is 5.41 Å². The van der Waals surface area contributed by atoms with Crippen LogP contribution in [0.3, 0.4) is 0 Å². The lowest BCUT2D eigenvalue weighted by Crippen LogP contribution is -2.50. The molecule has 0 aromatic rings. The number of carbonyl (C=O) groups is 1. The highest BCUT2D eigenvalue weighted by Crippen LogP contribution is 2.23. The third kappa shape index (κ3) is 5.02. The van der Waals surface area contributed by atoms with E-state index in [1.807, 2.05) is 13.8 Å². The highest BCUT2D eigenvalue weighted by Gasteiger charge is 2.27. The van der Waals surface area contributed by atoms with Gasteiger partial charge in [0.25, 0.3) is 0 Å². The summed E-state index contributed by atoms with van der Waals surface area (Å²) in [6.45, 7) is 6.72. The first kappa shape index (κ1) is 16.8. The standard InChI is InChI=1S/C15H30N4O/c1-11-7-6-8-12(9-11)19-14(17-5)18-10-15(2,3)13(20)16-4/h11-12H,6-10H2,1-5H3,(H,16,20)(H2,17,18,19). The normalized spacial score (nSPS) is 24.1. The van der Waals surface area contributed by atoms with Crippen molar-refractivity contribution < 1.29 is 4.79 Å². The predicted molar refractivity (Wildman–Crippen MR) is 83.8 cm³/mol. The molecule has 2 atom stereocenters. The summed E-state index contributed by atoms with van der Waals surface area (Å²) in [5.74, 6) is 1.61. The number of rotatable bonds is 4. The number of hydrogen-bond acceptors (Lipinski definition) is 2. The van der Waals surface area contributed by atoms with E-state index in [1.54, 1.807) is 14.1 Å². The molecule has 1 saturated carbocycles. The van der Waals surface area contributed by atoms with Gasteiger partial charge in [-0.15, -0.1) is 0 Å². The zero-order valence-electron chi connectivity index (χ0n) is 13.5. The van der Waals surface area contributed by atoms with Crippen LogP contribution >= 0.6 is 0 Å². The van der Waals surface area contributed by atoms with Gasteiger partial charge >= 0.3 is 0 Å². The van der Waals surface area contributed by atoms with Gasteiger partial charge in [0, 0.05) is 26.7 Å². The Hall–Kier alpha value is -1.26. The van der Waals surface area contributed by atoms with Crippen molar-refractivity contribution in [1.29, 1.82) is 0 Å². The summed E-state index contributed by atoms with van der Waals surface area (Å²) in [7, 11) is 3.44. The molecule has 116 valence electrons. The molecule has 1 aliphatic carbocycles. The number of nitrogens with zero attached hydrogens (tertiary/aromatic N) is 1. The second kappa shape index (κ2) is 7.50. The molecule has 0 aromatic heterocycles. The van der Waals surface area contributed by atoms with Crippen molar-refractivity contribution in [3.05, 3.63) is 0 Å². The van der Waals surface area contributed by atoms with Crippen LogP contribution in [0.15, 0.2) is 4.99 Å². The molecule has 5 heteroatoms. The molecule has 0 spiro atoms. The van der Waals surface area contributed by atoms with E-state index >= 15 is 0 Å². The zero-order valence-corrected chi connectivity index (χ0v) is 13.5. The van der Waals surface area contributed by atoms with Crippen molar-refractivity contribution >= 4 is 11.9 Å².